The van der Waals surface area contributed by atoms with E-state index >= 15 is 0 Å². The fraction of sp³-hybridized carbons (Fsp3) is 0.667. The highest BCUT2D eigenvalue weighted by Crippen LogP contribution is 2.29. The molecule has 0 heterocycles. The van der Waals surface area contributed by atoms with Gasteiger partial charge in [0.05, 0.1) is 0 Å². The lowest BCUT2D eigenvalue weighted by Gasteiger charge is -2.05. The molecule has 1 aliphatic rings. The van der Waals surface area contributed by atoms with Crippen LogP contribution in [0.25, 0.3) is 0 Å². The predicted molar refractivity (Wildman–Crippen MR) is 44.8 cm³/mol. The molecular formula is C9H14O3. The van der Waals surface area contributed by atoms with Gasteiger partial charge in [-0.1, -0.05) is 0 Å². The minimum Gasteiger partial charge on any atom is -0.504 e. The van der Waals surface area contributed by atoms with E-state index in [0.29, 0.717) is 19.3 Å². The van der Waals surface area contributed by atoms with Crippen molar-refractivity contribution in [3.05, 3.63) is 11.3 Å². The van der Waals surface area contributed by atoms with Crippen molar-refractivity contribution in [1.82, 2.24) is 0 Å². The van der Waals surface area contributed by atoms with Crippen molar-refractivity contribution in [3.63, 3.8) is 0 Å². The quantitative estimate of drug-likeness (QED) is 0.668. The molecule has 68 valence electrons. The number of carbonyl (C=O) groups excluding carboxylic acids is 1. The molecular weight excluding hydrogens is 156 g/mol. The Morgan fingerprint density at radius 1 is 1.58 bits per heavy atom. The molecule has 0 radical (unpaired) electrons. The standard InChI is InChI=1S/C9H14O3/c1-6-5-7(3-2-4-10)9(12)8(6)11/h7,10-11H,2-5H2,1H3/t7-/m1/s1. The van der Waals surface area contributed by atoms with Crippen molar-refractivity contribution in [1.29, 1.82) is 0 Å². The average molecular weight is 170 g/mol. The van der Waals surface area contributed by atoms with Gasteiger partial charge in [0, 0.05) is 12.5 Å². The molecule has 0 aromatic rings. The van der Waals surface area contributed by atoms with E-state index in [2.05, 4.69) is 0 Å². The van der Waals surface area contributed by atoms with E-state index in [-0.39, 0.29) is 24.1 Å². The summed E-state index contributed by atoms with van der Waals surface area (Å²) in [5, 5.41) is 17.8. The number of carbonyl (C=O) groups is 1. The minimum atomic E-state index is -0.152. The first kappa shape index (κ1) is 9.26. The Morgan fingerprint density at radius 3 is 2.67 bits per heavy atom. The van der Waals surface area contributed by atoms with Crippen LogP contribution in [0.4, 0.5) is 0 Å². The molecule has 0 saturated carbocycles. The molecule has 0 saturated heterocycles. The second-order valence-electron chi connectivity index (χ2n) is 3.26. The normalized spacial score (nSPS) is 23.8. The summed E-state index contributed by atoms with van der Waals surface area (Å²) in [5.74, 6) is -0.295. The van der Waals surface area contributed by atoms with E-state index in [1.165, 1.54) is 0 Å². The third-order valence-electron chi connectivity index (χ3n) is 2.27. The predicted octanol–water partition coefficient (Wildman–Crippen LogP) is 1.18. The summed E-state index contributed by atoms with van der Waals surface area (Å²) in [6.07, 6.45) is 1.97. The van der Waals surface area contributed by atoms with Gasteiger partial charge in [0.2, 0.25) is 0 Å². The van der Waals surface area contributed by atoms with Crippen molar-refractivity contribution in [2.75, 3.05) is 6.61 Å². The van der Waals surface area contributed by atoms with Gasteiger partial charge >= 0.3 is 0 Å². The third kappa shape index (κ3) is 1.67. The highest BCUT2D eigenvalue weighted by Gasteiger charge is 2.29. The first-order valence-electron chi connectivity index (χ1n) is 4.20. The summed E-state index contributed by atoms with van der Waals surface area (Å²) in [7, 11) is 0. The van der Waals surface area contributed by atoms with Crippen LogP contribution in [0.2, 0.25) is 0 Å². The molecule has 0 fully saturated rings. The molecule has 3 nitrogen and oxygen atoms in total. The molecule has 1 aliphatic carbocycles. The zero-order chi connectivity index (χ0) is 9.14. The van der Waals surface area contributed by atoms with Crippen LogP contribution in [0.15, 0.2) is 11.3 Å². The second kappa shape index (κ2) is 3.72. The van der Waals surface area contributed by atoms with E-state index < -0.39 is 0 Å². The van der Waals surface area contributed by atoms with Crippen LogP contribution in [-0.4, -0.2) is 22.6 Å². The van der Waals surface area contributed by atoms with Gasteiger partial charge in [0.25, 0.3) is 0 Å². The van der Waals surface area contributed by atoms with E-state index in [9.17, 15) is 9.90 Å². The number of ketones is 1. The lowest BCUT2D eigenvalue weighted by molar-refractivity contribution is -0.120. The van der Waals surface area contributed by atoms with Crippen LogP contribution in [0.1, 0.15) is 26.2 Å². The average Bonchev–Trinajstić information content (AvgIpc) is 2.30. The largest absolute Gasteiger partial charge is 0.504 e. The molecule has 0 aliphatic heterocycles. The zero-order valence-electron chi connectivity index (χ0n) is 7.21. The maximum absolute atomic E-state index is 11.2. The monoisotopic (exact) mass is 170 g/mol. The molecule has 0 aromatic carbocycles. The van der Waals surface area contributed by atoms with Crippen molar-refractivity contribution in [3.8, 4) is 0 Å². The van der Waals surface area contributed by atoms with Gasteiger partial charge in [-0.2, -0.15) is 0 Å². The Labute approximate surface area is 71.7 Å². The molecule has 0 spiro atoms. The molecule has 1 rings (SSSR count). The van der Waals surface area contributed by atoms with E-state index in [0.717, 1.165) is 5.57 Å². The molecule has 12 heavy (non-hydrogen) atoms. The lowest BCUT2D eigenvalue weighted by Crippen LogP contribution is -2.10. The van der Waals surface area contributed by atoms with Gasteiger partial charge in [-0.15, -0.1) is 0 Å². The van der Waals surface area contributed by atoms with Gasteiger partial charge < -0.3 is 10.2 Å². The smallest absolute Gasteiger partial charge is 0.200 e. The van der Waals surface area contributed by atoms with Gasteiger partial charge in [0.15, 0.2) is 11.5 Å². The van der Waals surface area contributed by atoms with Gasteiger partial charge in [0.1, 0.15) is 0 Å². The summed E-state index contributed by atoms with van der Waals surface area (Å²) < 4.78 is 0. The number of aliphatic hydroxyl groups excluding tert-OH is 2. The first-order valence-corrected chi connectivity index (χ1v) is 4.20. The topological polar surface area (TPSA) is 57.5 Å². The first-order chi connectivity index (χ1) is 5.66. The summed E-state index contributed by atoms with van der Waals surface area (Å²) in [6, 6.07) is 0. The Hall–Kier alpha value is -0.830. The number of rotatable bonds is 3. The Kier molecular flexibility index (Phi) is 2.87. The number of Topliss-reactive ketones (excluding diaryl/α,β-unsaturated/α-hetero) is 1. The molecule has 3 heteroatoms. The minimum absolute atomic E-state index is 0.0575. The van der Waals surface area contributed by atoms with Crippen molar-refractivity contribution < 1.29 is 15.0 Å². The van der Waals surface area contributed by atoms with Crippen LogP contribution < -0.4 is 0 Å². The highest BCUT2D eigenvalue weighted by molar-refractivity contribution is 5.98. The van der Waals surface area contributed by atoms with E-state index in [1.807, 2.05) is 0 Å². The van der Waals surface area contributed by atoms with Crippen LogP contribution in [-0.2, 0) is 4.79 Å². The summed E-state index contributed by atoms with van der Waals surface area (Å²) in [4.78, 5) is 11.2. The third-order valence-corrected chi connectivity index (χ3v) is 2.27. The number of allylic oxidation sites excluding steroid dienone is 2. The number of hydrogen-bond donors (Lipinski definition) is 2. The molecule has 0 bridgehead atoms. The van der Waals surface area contributed by atoms with Crippen LogP contribution in [0, 0.1) is 5.92 Å². The molecule has 0 unspecified atom stereocenters. The van der Waals surface area contributed by atoms with Crippen LogP contribution in [0.5, 0.6) is 0 Å². The molecule has 0 aromatic heterocycles. The zero-order valence-corrected chi connectivity index (χ0v) is 7.21. The van der Waals surface area contributed by atoms with E-state index in [4.69, 9.17) is 5.11 Å². The fourth-order valence-corrected chi connectivity index (χ4v) is 1.53. The maximum Gasteiger partial charge on any atom is 0.200 e. The van der Waals surface area contributed by atoms with Crippen LogP contribution >= 0.6 is 0 Å². The van der Waals surface area contributed by atoms with Crippen LogP contribution in [0.3, 0.4) is 0 Å². The van der Waals surface area contributed by atoms with E-state index in [1.54, 1.807) is 6.92 Å². The fourth-order valence-electron chi connectivity index (χ4n) is 1.53. The van der Waals surface area contributed by atoms with Gasteiger partial charge in [-0.05, 0) is 31.8 Å². The Balaban J connectivity index is 2.49. The Morgan fingerprint density at radius 2 is 2.25 bits per heavy atom. The SMILES string of the molecule is CC1=C(O)C(=O)[C@H](CCCO)C1. The molecule has 1 atom stereocenters. The van der Waals surface area contributed by atoms with Crippen molar-refractivity contribution in [2.45, 2.75) is 26.2 Å². The molecule has 2 N–H and O–H groups in total. The maximum atomic E-state index is 11.2. The summed E-state index contributed by atoms with van der Waals surface area (Å²) >= 11 is 0. The Bertz CT molecular complexity index is 218. The number of hydrogen-bond acceptors (Lipinski definition) is 3. The van der Waals surface area contributed by atoms with Crippen molar-refractivity contribution in [2.24, 2.45) is 5.92 Å². The lowest BCUT2D eigenvalue weighted by atomic mass is 9.99. The molecule has 0 amide bonds. The summed E-state index contributed by atoms with van der Waals surface area (Å²) in [5.41, 5.74) is 0.780. The number of aliphatic hydroxyl groups is 2. The highest BCUT2D eigenvalue weighted by atomic mass is 16.3. The van der Waals surface area contributed by atoms with Gasteiger partial charge in [-0.3, -0.25) is 4.79 Å². The van der Waals surface area contributed by atoms with Gasteiger partial charge in [-0.25, -0.2) is 0 Å². The summed E-state index contributed by atoms with van der Waals surface area (Å²) in [6.45, 7) is 1.88. The van der Waals surface area contributed by atoms with Crippen molar-refractivity contribution >= 4 is 5.78 Å². The second-order valence-corrected chi connectivity index (χ2v) is 3.26.